The Labute approximate surface area is 139 Å². The van der Waals surface area contributed by atoms with Crippen LogP contribution in [0.3, 0.4) is 0 Å². The summed E-state index contributed by atoms with van der Waals surface area (Å²) in [7, 11) is -8.72. The van der Waals surface area contributed by atoms with Crippen LogP contribution in [0.15, 0.2) is 46.2 Å². The molecule has 1 N–H and O–H groups in total. The Bertz CT molecular complexity index is 981. The molecule has 3 rings (SSSR count). The minimum Gasteiger partial charge on any atom is -0.504 e. The third kappa shape index (κ3) is 2.50. The van der Waals surface area contributed by atoms with E-state index in [9.17, 15) is 21.9 Å². The highest BCUT2D eigenvalue weighted by Crippen LogP contribution is 2.41. The molecule has 116 valence electrons. The molecular formula is C12H7IO7S2. The molecule has 1 heterocycles. The molecule has 0 atom stereocenters. The molecule has 7 nitrogen and oxygen atoms in total. The van der Waals surface area contributed by atoms with Gasteiger partial charge in [0.2, 0.25) is 5.75 Å². The summed E-state index contributed by atoms with van der Waals surface area (Å²) < 4.78 is 59.2. The van der Waals surface area contributed by atoms with E-state index in [1.54, 1.807) is 22.6 Å². The van der Waals surface area contributed by atoms with E-state index in [0.29, 0.717) is 3.57 Å². The molecule has 0 saturated carbocycles. The Morgan fingerprint density at radius 2 is 1.55 bits per heavy atom. The van der Waals surface area contributed by atoms with Crippen molar-refractivity contribution in [3.63, 3.8) is 0 Å². The molecule has 22 heavy (non-hydrogen) atoms. The van der Waals surface area contributed by atoms with Gasteiger partial charge in [-0.05, 0) is 46.9 Å². The van der Waals surface area contributed by atoms with Crippen LogP contribution in [-0.2, 0) is 20.2 Å². The Kier molecular flexibility index (Phi) is 3.49. The maximum absolute atomic E-state index is 12.3. The van der Waals surface area contributed by atoms with E-state index in [4.69, 9.17) is 8.37 Å². The average Bonchev–Trinajstić information content (AvgIpc) is 2.40. The average molecular weight is 454 g/mol. The van der Waals surface area contributed by atoms with Crippen LogP contribution in [0.2, 0.25) is 0 Å². The second-order valence-corrected chi connectivity index (χ2v) is 8.55. The smallest absolute Gasteiger partial charge is 0.343 e. The van der Waals surface area contributed by atoms with E-state index >= 15 is 0 Å². The largest absolute Gasteiger partial charge is 0.504 e. The monoisotopic (exact) mass is 454 g/mol. The molecule has 0 aromatic heterocycles. The lowest BCUT2D eigenvalue weighted by molar-refractivity contribution is 0.408. The second-order valence-electron chi connectivity index (χ2n) is 4.27. The predicted molar refractivity (Wildman–Crippen MR) is 82.9 cm³/mol. The van der Waals surface area contributed by atoms with Gasteiger partial charge >= 0.3 is 20.2 Å². The van der Waals surface area contributed by atoms with Crippen molar-refractivity contribution in [1.29, 1.82) is 0 Å². The third-order valence-corrected chi connectivity index (χ3v) is 5.91. The maximum atomic E-state index is 12.3. The van der Waals surface area contributed by atoms with Gasteiger partial charge in [0.15, 0.2) is 16.4 Å². The molecule has 0 amide bonds. The molecule has 1 aliphatic heterocycles. The van der Waals surface area contributed by atoms with Crippen LogP contribution in [0, 0.1) is 3.57 Å². The van der Waals surface area contributed by atoms with Crippen LogP contribution in [0.4, 0.5) is 0 Å². The van der Waals surface area contributed by atoms with Gasteiger partial charge in [0.05, 0.1) is 0 Å². The van der Waals surface area contributed by atoms with E-state index in [2.05, 4.69) is 0 Å². The fourth-order valence-corrected chi connectivity index (χ4v) is 4.99. The van der Waals surface area contributed by atoms with Crippen LogP contribution in [0.25, 0.3) is 0 Å². The summed E-state index contributed by atoms with van der Waals surface area (Å²) in [5.41, 5.74) is 0. The number of hydrogen-bond acceptors (Lipinski definition) is 7. The van der Waals surface area contributed by atoms with Crippen molar-refractivity contribution >= 4 is 42.8 Å². The van der Waals surface area contributed by atoms with Crippen LogP contribution in [0.1, 0.15) is 0 Å². The summed E-state index contributed by atoms with van der Waals surface area (Å²) in [5, 5.41) is 9.85. The lowest BCUT2D eigenvalue weighted by Crippen LogP contribution is -2.20. The number of para-hydroxylation sites is 1. The first-order chi connectivity index (χ1) is 10.2. The fraction of sp³-hybridized carbons (Fsp3) is 0. The minimum atomic E-state index is -4.36. The van der Waals surface area contributed by atoms with Gasteiger partial charge in [-0.3, -0.25) is 0 Å². The number of halogens is 1. The number of benzene rings is 2. The summed E-state index contributed by atoms with van der Waals surface area (Å²) in [4.78, 5) is -1.00. The van der Waals surface area contributed by atoms with Gasteiger partial charge in [-0.2, -0.15) is 16.8 Å². The Morgan fingerprint density at radius 3 is 2.27 bits per heavy atom. The van der Waals surface area contributed by atoms with E-state index in [1.807, 2.05) is 0 Å². The van der Waals surface area contributed by atoms with Crippen molar-refractivity contribution in [1.82, 2.24) is 0 Å². The quantitative estimate of drug-likeness (QED) is 0.478. The van der Waals surface area contributed by atoms with Crippen LogP contribution in [-0.4, -0.2) is 21.9 Å². The normalized spacial score (nSPS) is 17.9. The van der Waals surface area contributed by atoms with Gasteiger partial charge in [-0.15, -0.1) is 0 Å². The number of rotatable bonds is 0. The van der Waals surface area contributed by atoms with Gasteiger partial charge in [-0.25, -0.2) is 0 Å². The van der Waals surface area contributed by atoms with E-state index in [1.165, 1.54) is 24.3 Å². The van der Waals surface area contributed by atoms with Crippen molar-refractivity contribution < 1.29 is 30.3 Å². The van der Waals surface area contributed by atoms with Crippen molar-refractivity contribution in [2.75, 3.05) is 0 Å². The molecule has 2 aromatic rings. The number of hydrogen-bond donors (Lipinski definition) is 1. The van der Waals surface area contributed by atoms with E-state index in [0.717, 1.165) is 12.1 Å². The zero-order valence-corrected chi connectivity index (χ0v) is 14.3. The fourth-order valence-electron chi connectivity index (χ4n) is 1.87. The van der Waals surface area contributed by atoms with Gasteiger partial charge in [0, 0.05) is 3.57 Å². The summed E-state index contributed by atoms with van der Waals surface area (Å²) >= 11 is 1.77. The molecule has 0 spiro atoms. The van der Waals surface area contributed by atoms with Gasteiger partial charge < -0.3 is 13.5 Å². The zero-order valence-electron chi connectivity index (χ0n) is 10.6. The third-order valence-electron chi connectivity index (χ3n) is 2.78. The maximum Gasteiger partial charge on any atom is 0.343 e. The Morgan fingerprint density at radius 1 is 0.909 bits per heavy atom. The summed E-state index contributed by atoms with van der Waals surface area (Å²) in [5.74, 6) is -1.67. The molecule has 2 aromatic carbocycles. The van der Waals surface area contributed by atoms with Crippen molar-refractivity contribution in [3.8, 4) is 17.2 Å². The molecule has 0 bridgehead atoms. The summed E-state index contributed by atoms with van der Waals surface area (Å²) in [6.45, 7) is 0. The van der Waals surface area contributed by atoms with Crippen molar-refractivity contribution in [2.24, 2.45) is 0 Å². The first-order valence-corrected chi connectivity index (χ1v) is 9.61. The van der Waals surface area contributed by atoms with Crippen molar-refractivity contribution in [2.45, 2.75) is 9.79 Å². The molecule has 0 radical (unpaired) electrons. The molecule has 10 heteroatoms. The molecule has 0 saturated heterocycles. The molecule has 0 aliphatic carbocycles. The van der Waals surface area contributed by atoms with Crippen LogP contribution < -0.4 is 8.37 Å². The number of fused-ring (bicyclic) bond motifs is 2. The number of phenolic OH excluding ortho intramolecular Hbond substituents is 1. The van der Waals surface area contributed by atoms with Crippen LogP contribution in [0.5, 0.6) is 17.2 Å². The number of aromatic hydroxyl groups is 1. The van der Waals surface area contributed by atoms with Gasteiger partial charge in [0.25, 0.3) is 0 Å². The Hall–Kier alpha value is -1.53. The zero-order chi connectivity index (χ0) is 16.1. The second kappa shape index (κ2) is 4.99. The van der Waals surface area contributed by atoms with Gasteiger partial charge in [-0.1, -0.05) is 12.1 Å². The SMILES string of the molecule is O=S1(=O)Oc2c(O)cc(I)cc2S(=O)(=O)Oc2ccccc21. The number of phenols is 1. The highest BCUT2D eigenvalue weighted by molar-refractivity contribution is 14.1. The highest BCUT2D eigenvalue weighted by atomic mass is 127. The molecular weight excluding hydrogens is 447 g/mol. The summed E-state index contributed by atoms with van der Waals surface area (Å²) in [6.07, 6.45) is 0. The molecule has 1 aliphatic rings. The molecule has 0 unspecified atom stereocenters. The lowest BCUT2D eigenvalue weighted by Gasteiger charge is -2.19. The van der Waals surface area contributed by atoms with E-state index < -0.39 is 41.5 Å². The Balaban J connectivity index is 2.38. The van der Waals surface area contributed by atoms with Crippen molar-refractivity contribution in [3.05, 3.63) is 40.0 Å². The summed E-state index contributed by atoms with van der Waals surface area (Å²) in [6, 6.07) is 7.50. The minimum absolute atomic E-state index is 0.369. The topological polar surface area (TPSA) is 107 Å². The van der Waals surface area contributed by atoms with Crippen LogP contribution >= 0.6 is 22.6 Å². The first-order valence-electron chi connectivity index (χ1n) is 5.71. The molecule has 0 fully saturated rings. The van der Waals surface area contributed by atoms with Gasteiger partial charge in [0.1, 0.15) is 4.90 Å². The highest BCUT2D eigenvalue weighted by Gasteiger charge is 2.35. The standard InChI is InChI=1S/C12H7IO7S2/c13-7-5-8(14)12-11(6-7)22(17,18)19-9-3-1-2-4-10(9)21(15,16)20-12/h1-6,14H. The first kappa shape index (κ1) is 15.4. The van der Waals surface area contributed by atoms with E-state index in [-0.39, 0.29) is 5.75 Å². The lowest BCUT2D eigenvalue weighted by atomic mass is 10.3. The predicted octanol–water partition coefficient (Wildman–Crippen LogP) is 1.85.